The van der Waals surface area contributed by atoms with E-state index in [-0.39, 0.29) is 17.7 Å². The van der Waals surface area contributed by atoms with Crippen molar-refractivity contribution in [2.45, 2.75) is 75.8 Å². The molecule has 2 aromatic heterocycles. The third-order valence-electron chi connectivity index (χ3n) is 7.68. The van der Waals surface area contributed by atoms with Crippen LogP contribution in [0.15, 0.2) is 6.33 Å². The summed E-state index contributed by atoms with van der Waals surface area (Å²) in [4.78, 5) is 39.8. The Hall–Kier alpha value is -2.26. The average Bonchev–Trinajstić information content (AvgIpc) is 3.52. The molecule has 2 amide bonds. The first-order valence-electron chi connectivity index (χ1n) is 12.3. The van der Waals surface area contributed by atoms with Gasteiger partial charge in [0, 0.05) is 36.5 Å². The second-order valence-corrected chi connectivity index (χ2v) is 11.0. The van der Waals surface area contributed by atoms with Crippen molar-refractivity contribution in [3.63, 3.8) is 0 Å². The summed E-state index contributed by atoms with van der Waals surface area (Å²) >= 11 is 1.73. The number of aromatic nitrogens is 2. The van der Waals surface area contributed by atoms with E-state index in [2.05, 4.69) is 27.2 Å². The van der Waals surface area contributed by atoms with Gasteiger partial charge < -0.3 is 16.0 Å². The van der Waals surface area contributed by atoms with Crippen molar-refractivity contribution in [3.8, 4) is 0 Å². The van der Waals surface area contributed by atoms with Crippen LogP contribution in [0.4, 0.5) is 5.82 Å². The Morgan fingerprint density at radius 3 is 2.67 bits per heavy atom. The minimum absolute atomic E-state index is 0.176. The number of amides is 2. The van der Waals surface area contributed by atoms with Crippen LogP contribution in [0.25, 0.3) is 10.2 Å². The molecule has 0 aromatic carbocycles. The summed E-state index contributed by atoms with van der Waals surface area (Å²) < 4.78 is 0. The van der Waals surface area contributed by atoms with Gasteiger partial charge in [-0.15, -0.1) is 11.3 Å². The molecule has 178 valence electrons. The molecule has 33 heavy (non-hydrogen) atoms. The van der Waals surface area contributed by atoms with Gasteiger partial charge in [-0.1, -0.05) is 0 Å². The van der Waals surface area contributed by atoms with Crippen LogP contribution in [-0.4, -0.2) is 70.3 Å². The highest BCUT2D eigenvalue weighted by molar-refractivity contribution is 7.19. The lowest BCUT2D eigenvalue weighted by molar-refractivity contribution is -0.131. The number of nitrogens with one attached hydrogen (secondary N) is 1. The second kappa shape index (κ2) is 9.54. The molecule has 3 aliphatic rings. The van der Waals surface area contributed by atoms with Gasteiger partial charge >= 0.3 is 0 Å². The summed E-state index contributed by atoms with van der Waals surface area (Å²) in [7, 11) is 2.09. The summed E-state index contributed by atoms with van der Waals surface area (Å²) in [6.45, 7) is 2.37. The number of likely N-dealkylation sites (N-methyl/N-ethyl adjacent to an activating group) is 1. The Bertz CT molecular complexity index is 1030. The van der Waals surface area contributed by atoms with Crippen molar-refractivity contribution in [1.82, 2.24) is 19.8 Å². The van der Waals surface area contributed by atoms with Crippen LogP contribution in [0.2, 0.25) is 0 Å². The molecule has 0 radical (unpaired) electrons. The molecule has 1 saturated heterocycles. The predicted octanol–water partition coefficient (Wildman–Crippen LogP) is 2.87. The van der Waals surface area contributed by atoms with Crippen molar-refractivity contribution in [2.24, 2.45) is 5.73 Å². The Kier molecular flexibility index (Phi) is 6.51. The van der Waals surface area contributed by atoms with Crippen molar-refractivity contribution < 1.29 is 9.59 Å². The van der Waals surface area contributed by atoms with Crippen LogP contribution < -0.4 is 11.1 Å². The van der Waals surface area contributed by atoms with Crippen LogP contribution in [0.5, 0.6) is 0 Å². The fourth-order valence-electron chi connectivity index (χ4n) is 5.89. The number of anilines is 1. The molecule has 1 unspecified atom stereocenters. The molecule has 0 spiro atoms. The van der Waals surface area contributed by atoms with Crippen molar-refractivity contribution in [1.29, 1.82) is 0 Å². The highest BCUT2D eigenvalue weighted by atomic mass is 32.1. The number of thiophene rings is 1. The van der Waals surface area contributed by atoms with Crippen LogP contribution in [0, 0.1) is 0 Å². The minimum atomic E-state index is -0.246. The number of nitrogens with two attached hydrogens (primary N) is 1. The van der Waals surface area contributed by atoms with Gasteiger partial charge in [-0.25, -0.2) is 9.97 Å². The molecule has 3 N–H and O–H groups in total. The molecule has 0 bridgehead atoms. The molecule has 1 aliphatic heterocycles. The van der Waals surface area contributed by atoms with E-state index in [1.165, 1.54) is 10.4 Å². The van der Waals surface area contributed by atoms with Gasteiger partial charge in [0.15, 0.2) is 0 Å². The van der Waals surface area contributed by atoms with Crippen molar-refractivity contribution >= 4 is 39.2 Å². The highest BCUT2D eigenvalue weighted by Crippen LogP contribution is 2.46. The lowest BCUT2D eigenvalue weighted by Crippen LogP contribution is -2.44. The molecule has 2 fully saturated rings. The van der Waals surface area contributed by atoms with E-state index in [1.54, 1.807) is 17.7 Å². The third kappa shape index (κ3) is 4.71. The number of fused-ring (bicyclic) bond motifs is 3. The Morgan fingerprint density at radius 2 is 1.94 bits per heavy atom. The standard InChI is InChI=1S/C24H34N6O2S/c1-29(13-20(32)30-10-2-3-11-30)17-7-5-16(6-8-17)28-23-22-21-15(12-19(25)31)4-9-18(21)33-24(22)27-14-26-23/h14-17H,2-13H2,1H3,(H2,25,31)(H,26,27,28). The lowest BCUT2D eigenvalue weighted by atomic mass is 9.90. The minimum Gasteiger partial charge on any atom is -0.370 e. The molecule has 9 heteroatoms. The zero-order valence-corrected chi connectivity index (χ0v) is 20.2. The first-order valence-corrected chi connectivity index (χ1v) is 13.1. The average molecular weight is 471 g/mol. The van der Waals surface area contributed by atoms with Gasteiger partial charge in [0.25, 0.3) is 0 Å². The van der Waals surface area contributed by atoms with Crippen LogP contribution >= 0.6 is 11.3 Å². The summed E-state index contributed by atoms with van der Waals surface area (Å²) in [5, 5.41) is 4.80. The maximum Gasteiger partial charge on any atom is 0.236 e. The van der Waals surface area contributed by atoms with Gasteiger partial charge in [-0.2, -0.15) is 0 Å². The fourth-order valence-corrected chi connectivity index (χ4v) is 7.13. The van der Waals surface area contributed by atoms with Crippen LogP contribution in [-0.2, 0) is 16.0 Å². The third-order valence-corrected chi connectivity index (χ3v) is 8.86. The maximum absolute atomic E-state index is 12.5. The summed E-state index contributed by atoms with van der Waals surface area (Å²) in [5.41, 5.74) is 6.76. The zero-order chi connectivity index (χ0) is 22.9. The van der Waals surface area contributed by atoms with Crippen molar-refractivity contribution in [2.75, 3.05) is 32.0 Å². The van der Waals surface area contributed by atoms with E-state index in [0.717, 1.165) is 80.5 Å². The topological polar surface area (TPSA) is 104 Å². The predicted molar refractivity (Wildman–Crippen MR) is 130 cm³/mol. The molecular formula is C24H34N6O2S. The SMILES string of the molecule is CN(CC(=O)N1CCCC1)C1CCC(Nc2ncnc3sc4c(c23)C(CC(N)=O)CC4)CC1. The number of carbonyl (C=O) groups excluding carboxylic acids is 2. The monoisotopic (exact) mass is 470 g/mol. The van der Waals surface area contributed by atoms with Crippen LogP contribution in [0.3, 0.4) is 0 Å². The quantitative estimate of drug-likeness (QED) is 0.645. The highest BCUT2D eigenvalue weighted by Gasteiger charge is 2.32. The Labute approximate surface area is 198 Å². The van der Waals surface area contributed by atoms with E-state index in [9.17, 15) is 9.59 Å². The molecule has 1 saturated carbocycles. The second-order valence-electron chi connectivity index (χ2n) is 9.90. The summed E-state index contributed by atoms with van der Waals surface area (Å²) in [6, 6.07) is 0.805. The summed E-state index contributed by atoms with van der Waals surface area (Å²) in [5.74, 6) is 1.10. The number of primary amides is 1. The zero-order valence-electron chi connectivity index (χ0n) is 19.4. The number of likely N-dealkylation sites (tertiary alicyclic amines) is 1. The molecule has 2 aromatic rings. The van der Waals surface area contributed by atoms with Gasteiger partial charge in [-0.3, -0.25) is 14.5 Å². The number of hydrogen-bond donors (Lipinski definition) is 2. The number of aryl methyl sites for hydroxylation is 1. The first-order chi connectivity index (χ1) is 16.0. The van der Waals surface area contributed by atoms with E-state index in [4.69, 9.17) is 5.73 Å². The molecule has 2 aliphatic carbocycles. The molecular weight excluding hydrogens is 436 g/mol. The van der Waals surface area contributed by atoms with Crippen LogP contribution in [0.1, 0.15) is 67.7 Å². The Balaban J connectivity index is 1.23. The van der Waals surface area contributed by atoms with Gasteiger partial charge in [0.2, 0.25) is 11.8 Å². The molecule has 1 atom stereocenters. The van der Waals surface area contributed by atoms with Gasteiger partial charge in [0.1, 0.15) is 17.0 Å². The van der Waals surface area contributed by atoms with Crippen molar-refractivity contribution in [3.05, 3.63) is 16.8 Å². The molecule has 3 heterocycles. The normalized spacial score (nSPS) is 25.0. The summed E-state index contributed by atoms with van der Waals surface area (Å²) in [6.07, 6.45) is 10.5. The fraction of sp³-hybridized carbons (Fsp3) is 0.667. The first kappa shape index (κ1) is 22.5. The Morgan fingerprint density at radius 1 is 1.18 bits per heavy atom. The number of carbonyl (C=O) groups is 2. The number of nitrogens with zero attached hydrogens (tertiary/aromatic N) is 4. The van der Waals surface area contributed by atoms with E-state index >= 15 is 0 Å². The molecule has 5 rings (SSSR count). The maximum atomic E-state index is 12.5. The number of hydrogen-bond acceptors (Lipinski definition) is 7. The molecule has 8 nitrogen and oxygen atoms in total. The largest absolute Gasteiger partial charge is 0.370 e. The number of rotatable bonds is 7. The van der Waals surface area contributed by atoms with E-state index in [1.807, 2.05) is 4.90 Å². The smallest absolute Gasteiger partial charge is 0.236 e. The van der Waals surface area contributed by atoms with Gasteiger partial charge in [-0.05, 0) is 69.9 Å². The van der Waals surface area contributed by atoms with E-state index in [0.29, 0.717) is 25.0 Å². The lowest BCUT2D eigenvalue weighted by Gasteiger charge is -2.35. The van der Waals surface area contributed by atoms with E-state index < -0.39 is 0 Å². The van der Waals surface area contributed by atoms with Gasteiger partial charge in [0.05, 0.1) is 11.9 Å².